The van der Waals surface area contributed by atoms with Gasteiger partial charge in [0.25, 0.3) is 5.91 Å². The van der Waals surface area contributed by atoms with Crippen LogP contribution in [0.3, 0.4) is 0 Å². The summed E-state index contributed by atoms with van der Waals surface area (Å²) < 4.78 is 47.3. The van der Waals surface area contributed by atoms with Gasteiger partial charge in [0, 0.05) is 43.8 Å². The highest BCUT2D eigenvalue weighted by molar-refractivity contribution is 7.89. The van der Waals surface area contributed by atoms with E-state index < -0.39 is 26.6 Å². The number of nitrogens with one attached hydrogen (secondary N) is 1. The second kappa shape index (κ2) is 9.52. The predicted molar refractivity (Wildman–Crippen MR) is 117 cm³/mol. The topological polar surface area (TPSA) is 79.0 Å². The molecule has 2 heterocycles. The van der Waals surface area contributed by atoms with E-state index in [0.29, 0.717) is 19.6 Å². The minimum atomic E-state index is -3.97. The van der Waals surface area contributed by atoms with E-state index in [1.807, 2.05) is 13.8 Å². The monoisotopic (exact) mass is 455 g/mol. The first-order chi connectivity index (χ1) is 14.5. The molecule has 1 N–H and O–H groups in total. The summed E-state index contributed by atoms with van der Waals surface area (Å²) in [6.45, 7) is 10.8. The van der Waals surface area contributed by atoms with Crippen LogP contribution in [0, 0.1) is 5.82 Å². The maximum absolute atomic E-state index is 14.4. The number of sulfonamides is 1. The van der Waals surface area contributed by atoms with Crippen LogP contribution in [0.5, 0.6) is 0 Å². The first-order valence-corrected chi connectivity index (χ1v) is 12.4. The van der Waals surface area contributed by atoms with E-state index in [1.165, 1.54) is 10.4 Å². The van der Waals surface area contributed by atoms with Crippen molar-refractivity contribution < 1.29 is 22.3 Å². The number of halogens is 1. The van der Waals surface area contributed by atoms with Crippen molar-refractivity contribution in [3.63, 3.8) is 0 Å². The normalized spacial score (nSPS) is 24.2. The molecular weight excluding hydrogens is 421 g/mol. The summed E-state index contributed by atoms with van der Waals surface area (Å²) in [5.74, 6) is -1.25. The lowest BCUT2D eigenvalue weighted by molar-refractivity contribution is -0.0948. The fourth-order valence-electron chi connectivity index (χ4n) is 4.27. The van der Waals surface area contributed by atoms with E-state index in [4.69, 9.17) is 4.74 Å². The third kappa shape index (κ3) is 5.63. The van der Waals surface area contributed by atoms with Crippen molar-refractivity contribution in [1.82, 2.24) is 14.5 Å². The highest BCUT2D eigenvalue weighted by atomic mass is 32.2. The number of rotatable bonds is 6. The third-order valence-corrected chi connectivity index (χ3v) is 8.00. The summed E-state index contributed by atoms with van der Waals surface area (Å²) in [7, 11) is -3.97. The summed E-state index contributed by atoms with van der Waals surface area (Å²) in [6.07, 6.45) is 2.70. The van der Waals surface area contributed by atoms with Crippen LogP contribution in [0.15, 0.2) is 23.1 Å². The van der Waals surface area contributed by atoms with Crippen LogP contribution in [0.25, 0.3) is 0 Å². The van der Waals surface area contributed by atoms with Crippen LogP contribution in [-0.4, -0.2) is 74.0 Å². The molecule has 9 heteroatoms. The maximum atomic E-state index is 14.4. The number of ether oxygens (including phenoxy) is 1. The lowest BCUT2D eigenvalue weighted by Gasteiger charge is -2.45. The lowest BCUT2D eigenvalue weighted by Crippen LogP contribution is -2.58. The zero-order valence-corrected chi connectivity index (χ0v) is 19.7. The Kier molecular flexibility index (Phi) is 7.40. The summed E-state index contributed by atoms with van der Waals surface area (Å²) in [5.41, 5.74) is -0.179. The molecule has 2 saturated heterocycles. The van der Waals surface area contributed by atoms with Crippen LogP contribution >= 0.6 is 0 Å². The number of hydrogen-bond donors (Lipinski definition) is 1. The van der Waals surface area contributed by atoms with Gasteiger partial charge in [-0.05, 0) is 58.7 Å². The molecular formula is C22H34FN3O4S. The van der Waals surface area contributed by atoms with Crippen molar-refractivity contribution in [3.8, 4) is 0 Å². The zero-order valence-electron chi connectivity index (χ0n) is 18.9. The molecule has 0 bridgehead atoms. The Balaban J connectivity index is 1.71. The van der Waals surface area contributed by atoms with E-state index in [-0.39, 0.29) is 23.3 Å². The van der Waals surface area contributed by atoms with Gasteiger partial charge in [0.2, 0.25) is 10.0 Å². The number of piperidine rings is 1. The van der Waals surface area contributed by atoms with Gasteiger partial charge < -0.3 is 10.1 Å². The van der Waals surface area contributed by atoms with E-state index in [2.05, 4.69) is 24.1 Å². The molecule has 3 rings (SSSR count). The molecule has 0 saturated carbocycles. The Hall–Kier alpha value is -1.55. The molecule has 174 valence electrons. The predicted octanol–water partition coefficient (Wildman–Crippen LogP) is 2.62. The highest BCUT2D eigenvalue weighted by Gasteiger charge is 2.34. The van der Waals surface area contributed by atoms with Gasteiger partial charge in [0.1, 0.15) is 10.7 Å². The smallest absolute Gasteiger partial charge is 0.251 e. The van der Waals surface area contributed by atoms with Crippen molar-refractivity contribution in [3.05, 3.63) is 29.6 Å². The molecule has 2 atom stereocenters. The quantitative estimate of drug-likeness (QED) is 0.713. The molecule has 0 radical (unpaired) electrons. The van der Waals surface area contributed by atoms with E-state index >= 15 is 0 Å². The van der Waals surface area contributed by atoms with Crippen LogP contribution < -0.4 is 5.32 Å². The van der Waals surface area contributed by atoms with Crippen molar-refractivity contribution in [2.24, 2.45) is 0 Å². The van der Waals surface area contributed by atoms with Crippen molar-refractivity contribution in [1.29, 1.82) is 0 Å². The summed E-state index contributed by atoms with van der Waals surface area (Å²) in [6, 6.07) is 3.54. The molecule has 2 aliphatic rings. The fraction of sp³-hybridized carbons (Fsp3) is 0.682. The largest absolute Gasteiger partial charge is 0.373 e. The molecule has 1 amide bonds. The van der Waals surface area contributed by atoms with Gasteiger partial charge in [-0.15, -0.1) is 0 Å². The number of amides is 1. The second-order valence-electron chi connectivity index (χ2n) is 9.27. The molecule has 0 aliphatic carbocycles. The van der Waals surface area contributed by atoms with Gasteiger partial charge in [-0.25, -0.2) is 12.8 Å². The first kappa shape index (κ1) is 24.1. The SMILES string of the molecule is CC1CN(C(C)(C)CNC(=O)c2ccc(F)c(S(=O)(=O)N3CCCCC3)c2)CC(C)O1. The van der Waals surface area contributed by atoms with Crippen molar-refractivity contribution in [2.45, 2.75) is 69.6 Å². The Morgan fingerprint density at radius 2 is 1.77 bits per heavy atom. The number of carbonyl (C=O) groups excluding carboxylic acids is 1. The molecule has 2 fully saturated rings. The lowest BCUT2D eigenvalue weighted by atomic mass is 10.00. The fourth-order valence-corrected chi connectivity index (χ4v) is 5.88. The number of benzene rings is 1. The summed E-state index contributed by atoms with van der Waals surface area (Å²) in [4.78, 5) is 14.6. The van der Waals surface area contributed by atoms with Crippen LogP contribution in [0.4, 0.5) is 4.39 Å². The van der Waals surface area contributed by atoms with Gasteiger partial charge in [0.05, 0.1) is 12.2 Å². The van der Waals surface area contributed by atoms with Crippen molar-refractivity contribution >= 4 is 15.9 Å². The molecule has 31 heavy (non-hydrogen) atoms. The highest BCUT2D eigenvalue weighted by Crippen LogP contribution is 2.24. The Morgan fingerprint density at radius 1 is 1.16 bits per heavy atom. The molecule has 7 nitrogen and oxygen atoms in total. The minimum absolute atomic E-state index is 0.110. The number of morpholine rings is 1. The molecule has 1 aromatic rings. The Morgan fingerprint density at radius 3 is 2.39 bits per heavy atom. The first-order valence-electron chi connectivity index (χ1n) is 11.0. The molecule has 2 aliphatic heterocycles. The van der Waals surface area contributed by atoms with Gasteiger partial charge in [-0.3, -0.25) is 9.69 Å². The molecule has 0 spiro atoms. The van der Waals surface area contributed by atoms with Crippen LogP contribution in [0.1, 0.15) is 57.3 Å². The van der Waals surface area contributed by atoms with Crippen LogP contribution in [-0.2, 0) is 14.8 Å². The van der Waals surface area contributed by atoms with Crippen LogP contribution in [0.2, 0.25) is 0 Å². The second-order valence-corrected chi connectivity index (χ2v) is 11.2. The number of carbonyl (C=O) groups is 1. The zero-order chi connectivity index (χ0) is 22.8. The number of nitrogens with zero attached hydrogens (tertiary/aromatic N) is 2. The van der Waals surface area contributed by atoms with Gasteiger partial charge >= 0.3 is 0 Å². The van der Waals surface area contributed by atoms with Gasteiger partial charge in [0.15, 0.2) is 0 Å². The molecule has 0 aromatic heterocycles. The van der Waals surface area contributed by atoms with Crippen molar-refractivity contribution in [2.75, 3.05) is 32.7 Å². The molecule has 1 aromatic carbocycles. The Labute approximate surface area is 185 Å². The molecule has 2 unspecified atom stereocenters. The van der Waals surface area contributed by atoms with Gasteiger partial charge in [-0.1, -0.05) is 6.42 Å². The van der Waals surface area contributed by atoms with E-state index in [1.54, 1.807) is 0 Å². The minimum Gasteiger partial charge on any atom is -0.373 e. The Bertz CT molecular complexity index is 890. The summed E-state index contributed by atoms with van der Waals surface area (Å²) >= 11 is 0. The maximum Gasteiger partial charge on any atom is 0.251 e. The average molecular weight is 456 g/mol. The third-order valence-electron chi connectivity index (χ3n) is 6.08. The standard InChI is InChI=1S/C22H34FN3O4S/c1-16-13-25(14-17(2)30-16)22(3,4)15-24-21(27)18-8-9-19(23)20(12-18)31(28,29)26-10-6-5-7-11-26/h8-9,12,16-17H,5-7,10-11,13-15H2,1-4H3,(H,24,27). The summed E-state index contributed by atoms with van der Waals surface area (Å²) in [5, 5.41) is 2.89. The van der Waals surface area contributed by atoms with E-state index in [0.717, 1.165) is 44.5 Å². The van der Waals surface area contributed by atoms with E-state index in [9.17, 15) is 17.6 Å². The average Bonchev–Trinajstić information content (AvgIpc) is 2.72. The number of hydrogen-bond acceptors (Lipinski definition) is 5. The van der Waals surface area contributed by atoms with Gasteiger partial charge in [-0.2, -0.15) is 4.31 Å².